The molecule has 3 aromatic rings. The number of esters is 1. The van der Waals surface area contributed by atoms with Crippen molar-refractivity contribution in [2.75, 3.05) is 0 Å². The average Bonchev–Trinajstić information content (AvgIpc) is 2.66. The zero-order valence-electron chi connectivity index (χ0n) is 14.2. The highest BCUT2D eigenvalue weighted by atomic mass is 16.5. The van der Waals surface area contributed by atoms with Gasteiger partial charge in [0, 0.05) is 11.1 Å². The second kappa shape index (κ2) is 7.14. The predicted octanol–water partition coefficient (Wildman–Crippen LogP) is 4.33. The fraction of sp³-hybridized carbons (Fsp3) is 0.190. The molecule has 2 aromatic carbocycles. The third-order valence-corrected chi connectivity index (χ3v) is 4.23. The van der Waals surface area contributed by atoms with Crippen LogP contribution in [0.15, 0.2) is 48.5 Å². The molecule has 25 heavy (non-hydrogen) atoms. The van der Waals surface area contributed by atoms with Gasteiger partial charge in [0.05, 0.1) is 22.7 Å². The van der Waals surface area contributed by atoms with Crippen LogP contribution in [0.5, 0.6) is 0 Å². The summed E-state index contributed by atoms with van der Waals surface area (Å²) >= 11 is 0. The molecule has 4 nitrogen and oxygen atoms in total. The molecule has 124 valence electrons. The number of para-hydroxylation sites is 1. The van der Waals surface area contributed by atoms with E-state index in [-0.39, 0.29) is 12.6 Å². The molecule has 0 saturated heterocycles. The number of ether oxygens (including phenoxy) is 1. The van der Waals surface area contributed by atoms with Gasteiger partial charge >= 0.3 is 5.97 Å². The number of nitriles is 1. The lowest BCUT2D eigenvalue weighted by atomic mass is 10.0. The Bertz CT molecular complexity index is 970. The maximum absolute atomic E-state index is 12.7. The fourth-order valence-electron chi connectivity index (χ4n) is 2.86. The van der Waals surface area contributed by atoms with E-state index in [0.29, 0.717) is 11.1 Å². The van der Waals surface area contributed by atoms with Crippen molar-refractivity contribution < 1.29 is 9.53 Å². The zero-order chi connectivity index (χ0) is 17.8. The lowest BCUT2D eigenvalue weighted by Gasteiger charge is -2.13. The first-order chi connectivity index (χ1) is 12.1. The normalized spacial score (nSPS) is 10.4. The van der Waals surface area contributed by atoms with Gasteiger partial charge in [-0.25, -0.2) is 4.79 Å². The number of nitrogens with zero attached hydrogens (tertiary/aromatic N) is 2. The number of hydrogen-bond donors (Lipinski definition) is 0. The Balaban J connectivity index is 1.91. The number of aromatic nitrogens is 1. The van der Waals surface area contributed by atoms with Gasteiger partial charge in [0.15, 0.2) is 0 Å². The van der Waals surface area contributed by atoms with Crippen molar-refractivity contribution in [3.63, 3.8) is 0 Å². The standard InChI is InChI=1S/C21H18N2O2/c1-3-18-14(2)20(17-6-4-5-7-19(17)23-18)21(24)25-13-16-10-8-15(12-22)9-11-16/h4-11H,3,13H2,1-2H3. The van der Waals surface area contributed by atoms with Crippen LogP contribution in [-0.2, 0) is 17.8 Å². The molecule has 0 aliphatic carbocycles. The van der Waals surface area contributed by atoms with E-state index in [9.17, 15) is 4.79 Å². The van der Waals surface area contributed by atoms with Crippen LogP contribution in [-0.4, -0.2) is 11.0 Å². The molecule has 0 spiro atoms. The van der Waals surface area contributed by atoms with Crippen molar-refractivity contribution in [2.45, 2.75) is 26.9 Å². The molecule has 3 rings (SSSR count). The molecule has 0 saturated carbocycles. The van der Waals surface area contributed by atoms with E-state index in [4.69, 9.17) is 10.00 Å². The molecule has 1 aromatic heterocycles. The summed E-state index contributed by atoms with van der Waals surface area (Å²) in [4.78, 5) is 17.4. The van der Waals surface area contributed by atoms with Crippen LogP contribution >= 0.6 is 0 Å². The summed E-state index contributed by atoms with van der Waals surface area (Å²) in [5.74, 6) is -0.352. The van der Waals surface area contributed by atoms with Gasteiger partial charge in [-0.15, -0.1) is 0 Å². The van der Waals surface area contributed by atoms with Crippen LogP contribution < -0.4 is 0 Å². The first-order valence-corrected chi connectivity index (χ1v) is 8.18. The molecule has 0 aliphatic rings. The minimum Gasteiger partial charge on any atom is -0.457 e. The highest BCUT2D eigenvalue weighted by molar-refractivity contribution is 6.04. The lowest BCUT2D eigenvalue weighted by molar-refractivity contribution is 0.0474. The summed E-state index contributed by atoms with van der Waals surface area (Å²) in [5, 5.41) is 9.64. The van der Waals surface area contributed by atoms with Crippen molar-refractivity contribution >= 4 is 16.9 Å². The molecule has 4 heteroatoms. The Morgan fingerprint density at radius 3 is 2.56 bits per heavy atom. The van der Waals surface area contributed by atoms with Gasteiger partial charge in [0.1, 0.15) is 6.61 Å². The van der Waals surface area contributed by atoms with Crippen LogP contribution in [0.25, 0.3) is 10.9 Å². The molecule has 1 heterocycles. The highest BCUT2D eigenvalue weighted by Crippen LogP contribution is 2.24. The molecule has 0 N–H and O–H groups in total. The Labute approximate surface area is 146 Å². The minimum atomic E-state index is -0.352. The summed E-state index contributed by atoms with van der Waals surface area (Å²) in [6.45, 7) is 4.11. The van der Waals surface area contributed by atoms with Gasteiger partial charge in [-0.05, 0) is 42.7 Å². The number of carbonyl (C=O) groups is 1. The summed E-state index contributed by atoms with van der Waals surface area (Å²) in [6, 6.07) is 16.7. The van der Waals surface area contributed by atoms with Gasteiger partial charge < -0.3 is 4.74 Å². The second-order valence-corrected chi connectivity index (χ2v) is 5.81. The Morgan fingerprint density at radius 2 is 1.88 bits per heavy atom. The summed E-state index contributed by atoms with van der Waals surface area (Å²) in [6.07, 6.45) is 0.757. The Morgan fingerprint density at radius 1 is 1.16 bits per heavy atom. The zero-order valence-corrected chi connectivity index (χ0v) is 14.2. The van der Waals surface area contributed by atoms with E-state index in [2.05, 4.69) is 11.1 Å². The molecule has 0 fully saturated rings. The quantitative estimate of drug-likeness (QED) is 0.668. The van der Waals surface area contributed by atoms with Crippen LogP contribution in [0, 0.1) is 18.3 Å². The smallest absolute Gasteiger partial charge is 0.339 e. The third kappa shape index (κ3) is 3.36. The topological polar surface area (TPSA) is 63.0 Å². The van der Waals surface area contributed by atoms with Crippen LogP contribution in [0.1, 0.15) is 39.7 Å². The molecule has 0 amide bonds. The third-order valence-electron chi connectivity index (χ3n) is 4.23. The molecule has 0 radical (unpaired) electrons. The summed E-state index contributed by atoms with van der Waals surface area (Å²) in [5.41, 5.74) is 4.58. The predicted molar refractivity (Wildman–Crippen MR) is 96.1 cm³/mol. The molecule has 0 aliphatic heterocycles. The first kappa shape index (κ1) is 16.7. The number of fused-ring (bicyclic) bond motifs is 1. The minimum absolute atomic E-state index is 0.169. The van der Waals surface area contributed by atoms with E-state index >= 15 is 0 Å². The van der Waals surface area contributed by atoms with E-state index < -0.39 is 0 Å². The molecule has 0 bridgehead atoms. The Kier molecular flexibility index (Phi) is 4.76. The van der Waals surface area contributed by atoms with E-state index in [0.717, 1.165) is 34.1 Å². The van der Waals surface area contributed by atoms with Crippen molar-refractivity contribution in [1.29, 1.82) is 5.26 Å². The van der Waals surface area contributed by atoms with Gasteiger partial charge in [-0.2, -0.15) is 5.26 Å². The van der Waals surface area contributed by atoms with Gasteiger partial charge in [0.25, 0.3) is 0 Å². The van der Waals surface area contributed by atoms with Crippen molar-refractivity contribution in [3.8, 4) is 6.07 Å². The number of rotatable bonds is 4. The largest absolute Gasteiger partial charge is 0.457 e. The monoisotopic (exact) mass is 330 g/mol. The van der Waals surface area contributed by atoms with Crippen LogP contribution in [0.3, 0.4) is 0 Å². The van der Waals surface area contributed by atoms with Crippen LogP contribution in [0.4, 0.5) is 0 Å². The number of hydrogen-bond acceptors (Lipinski definition) is 4. The maximum Gasteiger partial charge on any atom is 0.339 e. The van der Waals surface area contributed by atoms with Gasteiger partial charge in [-0.3, -0.25) is 4.98 Å². The molecule has 0 atom stereocenters. The van der Waals surface area contributed by atoms with Crippen molar-refractivity contribution in [2.24, 2.45) is 0 Å². The maximum atomic E-state index is 12.7. The highest BCUT2D eigenvalue weighted by Gasteiger charge is 2.18. The molecular formula is C21H18N2O2. The van der Waals surface area contributed by atoms with Crippen molar-refractivity contribution in [3.05, 3.63) is 76.5 Å². The average molecular weight is 330 g/mol. The molecular weight excluding hydrogens is 312 g/mol. The second-order valence-electron chi connectivity index (χ2n) is 5.81. The summed E-state index contributed by atoms with van der Waals surface area (Å²) in [7, 11) is 0. The first-order valence-electron chi connectivity index (χ1n) is 8.18. The number of benzene rings is 2. The van der Waals surface area contributed by atoms with Gasteiger partial charge in [0.2, 0.25) is 0 Å². The van der Waals surface area contributed by atoms with E-state index in [1.807, 2.05) is 38.1 Å². The van der Waals surface area contributed by atoms with Crippen molar-refractivity contribution in [1.82, 2.24) is 4.98 Å². The summed E-state index contributed by atoms with van der Waals surface area (Å²) < 4.78 is 5.53. The number of aryl methyl sites for hydroxylation is 1. The van der Waals surface area contributed by atoms with E-state index in [1.54, 1.807) is 24.3 Å². The number of pyridine rings is 1. The Hall–Kier alpha value is -3.19. The van der Waals surface area contributed by atoms with Crippen LogP contribution in [0.2, 0.25) is 0 Å². The fourth-order valence-corrected chi connectivity index (χ4v) is 2.86. The van der Waals surface area contributed by atoms with E-state index in [1.165, 1.54) is 0 Å². The number of carbonyl (C=O) groups excluding carboxylic acids is 1. The van der Waals surface area contributed by atoms with Gasteiger partial charge in [-0.1, -0.05) is 37.3 Å². The SMILES string of the molecule is CCc1nc2ccccc2c(C(=O)OCc2ccc(C#N)cc2)c1C. The molecule has 0 unspecified atom stereocenters. The lowest BCUT2D eigenvalue weighted by Crippen LogP contribution is -2.11.